The lowest BCUT2D eigenvalue weighted by molar-refractivity contribution is 0.444. The van der Waals surface area contributed by atoms with E-state index in [-0.39, 0.29) is 0 Å². The van der Waals surface area contributed by atoms with Crippen molar-refractivity contribution in [1.29, 1.82) is 0 Å². The summed E-state index contributed by atoms with van der Waals surface area (Å²) >= 11 is 5.84. The molecule has 0 amide bonds. The smallest absolute Gasteiger partial charge is 0.207 e. The van der Waals surface area contributed by atoms with Gasteiger partial charge in [-0.2, -0.15) is 0 Å². The Labute approximate surface area is 120 Å². The van der Waals surface area contributed by atoms with E-state index in [1.54, 1.807) is 19.2 Å². The third kappa shape index (κ3) is 3.12. The summed E-state index contributed by atoms with van der Waals surface area (Å²) in [5, 5.41) is 0. The number of hydrogen-bond donors (Lipinski definition) is 0. The highest BCUT2D eigenvalue weighted by atomic mass is 35.5. The molecule has 1 aliphatic rings. The molecule has 106 valence electrons. The van der Waals surface area contributed by atoms with Gasteiger partial charge in [-0.25, -0.2) is 12.7 Å². The first-order chi connectivity index (χ1) is 8.86. The molecule has 0 saturated heterocycles. The van der Waals surface area contributed by atoms with E-state index in [4.69, 9.17) is 11.6 Å². The van der Waals surface area contributed by atoms with Crippen LogP contribution < -0.4 is 0 Å². The summed E-state index contributed by atoms with van der Waals surface area (Å²) < 4.78 is 26.4. The molecule has 2 atom stereocenters. The highest BCUT2D eigenvalue weighted by Crippen LogP contribution is 2.38. The van der Waals surface area contributed by atoms with Crippen molar-refractivity contribution >= 4 is 21.6 Å². The van der Waals surface area contributed by atoms with Gasteiger partial charge in [-0.05, 0) is 48.4 Å². The monoisotopic (exact) mass is 301 g/mol. The van der Waals surface area contributed by atoms with Crippen LogP contribution in [0.4, 0.5) is 0 Å². The molecular formula is C14H20ClNO2S. The summed E-state index contributed by atoms with van der Waals surface area (Å²) in [6, 6.07) is 5.16. The highest BCUT2D eigenvalue weighted by molar-refractivity contribution is 7.89. The zero-order valence-electron chi connectivity index (χ0n) is 11.6. The van der Waals surface area contributed by atoms with E-state index in [1.807, 2.05) is 13.0 Å². The van der Waals surface area contributed by atoms with Crippen molar-refractivity contribution in [3.05, 3.63) is 29.3 Å². The molecule has 1 aliphatic carbocycles. The maximum Gasteiger partial charge on any atom is 0.242 e. The Balaban J connectivity index is 2.23. The number of nitrogens with zero attached hydrogens (tertiary/aromatic N) is 1. The minimum atomic E-state index is -3.39. The second-order valence-corrected chi connectivity index (χ2v) is 7.79. The Bertz CT molecular complexity index is 571. The number of hydrogen-bond acceptors (Lipinski definition) is 2. The third-order valence-electron chi connectivity index (χ3n) is 3.94. The molecule has 0 N–H and O–H groups in total. The van der Waals surface area contributed by atoms with Crippen LogP contribution >= 0.6 is 11.6 Å². The molecule has 0 heterocycles. The molecule has 1 saturated carbocycles. The van der Waals surface area contributed by atoms with Gasteiger partial charge < -0.3 is 0 Å². The van der Waals surface area contributed by atoms with Gasteiger partial charge in [0.05, 0.1) is 4.90 Å². The number of aryl methyl sites for hydroxylation is 1. The Morgan fingerprint density at radius 1 is 1.42 bits per heavy atom. The van der Waals surface area contributed by atoms with Gasteiger partial charge in [0, 0.05) is 19.5 Å². The molecule has 3 nitrogen and oxygen atoms in total. The van der Waals surface area contributed by atoms with Gasteiger partial charge in [-0.1, -0.05) is 13.0 Å². The van der Waals surface area contributed by atoms with Crippen LogP contribution in [0.25, 0.3) is 0 Å². The fraction of sp³-hybridized carbons (Fsp3) is 0.571. The lowest BCUT2D eigenvalue weighted by atomic mass is 10.1. The van der Waals surface area contributed by atoms with Crippen LogP contribution in [-0.2, 0) is 15.9 Å². The molecule has 1 aromatic rings. The van der Waals surface area contributed by atoms with Crippen LogP contribution in [0, 0.1) is 18.8 Å². The second kappa shape index (κ2) is 5.43. The molecule has 0 spiro atoms. The molecule has 1 fully saturated rings. The van der Waals surface area contributed by atoms with Gasteiger partial charge >= 0.3 is 0 Å². The molecule has 5 heteroatoms. The topological polar surface area (TPSA) is 37.4 Å². The quantitative estimate of drug-likeness (QED) is 0.784. The summed E-state index contributed by atoms with van der Waals surface area (Å²) in [6.07, 6.45) is 1.13. The molecule has 0 aliphatic heterocycles. The normalized spacial score (nSPS) is 22.8. The molecular weight excluding hydrogens is 282 g/mol. The van der Waals surface area contributed by atoms with E-state index < -0.39 is 10.0 Å². The van der Waals surface area contributed by atoms with Crippen molar-refractivity contribution in [2.24, 2.45) is 11.8 Å². The maximum atomic E-state index is 12.5. The van der Waals surface area contributed by atoms with Crippen LogP contribution in [0.15, 0.2) is 23.1 Å². The van der Waals surface area contributed by atoms with Crippen molar-refractivity contribution in [1.82, 2.24) is 4.31 Å². The average Bonchev–Trinajstić information content (AvgIpc) is 3.05. The number of alkyl halides is 1. The molecule has 19 heavy (non-hydrogen) atoms. The molecule has 0 radical (unpaired) electrons. The van der Waals surface area contributed by atoms with E-state index in [1.165, 1.54) is 4.31 Å². The lowest BCUT2D eigenvalue weighted by Crippen LogP contribution is -2.29. The fourth-order valence-electron chi connectivity index (χ4n) is 2.21. The zero-order valence-corrected chi connectivity index (χ0v) is 13.1. The Kier molecular flexibility index (Phi) is 4.23. The van der Waals surface area contributed by atoms with Crippen LogP contribution in [0.2, 0.25) is 0 Å². The third-order valence-corrected chi connectivity index (χ3v) is 6.05. The lowest BCUT2D eigenvalue weighted by Gasteiger charge is -2.18. The van der Waals surface area contributed by atoms with Crippen LogP contribution in [0.3, 0.4) is 0 Å². The van der Waals surface area contributed by atoms with Crippen molar-refractivity contribution in [3.8, 4) is 0 Å². The molecule has 2 rings (SSSR count). The first kappa shape index (κ1) is 14.8. The van der Waals surface area contributed by atoms with Crippen LogP contribution in [0.5, 0.6) is 0 Å². The Morgan fingerprint density at radius 3 is 2.58 bits per heavy atom. The van der Waals surface area contributed by atoms with Gasteiger partial charge in [0.15, 0.2) is 0 Å². The fourth-order valence-corrected chi connectivity index (χ4v) is 3.78. The molecule has 1 aromatic carbocycles. The van der Waals surface area contributed by atoms with E-state index in [0.29, 0.717) is 29.2 Å². The predicted octanol–water partition coefficient (Wildman–Crippen LogP) is 3.01. The Hall–Kier alpha value is -0.580. The summed E-state index contributed by atoms with van der Waals surface area (Å²) in [5.41, 5.74) is 1.89. The highest BCUT2D eigenvalue weighted by Gasteiger charge is 2.36. The van der Waals surface area contributed by atoms with Crippen molar-refractivity contribution in [2.75, 3.05) is 13.6 Å². The average molecular weight is 302 g/mol. The van der Waals surface area contributed by atoms with Crippen molar-refractivity contribution in [3.63, 3.8) is 0 Å². The molecule has 0 bridgehead atoms. The number of benzene rings is 1. The minimum absolute atomic E-state index is 0.332. The number of rotatable bonds is 5. The van der Waals surface area contributed by atoms with Gasteiger partial charge in [0.25, 0.3) is 0 Å². The maximum absolute atomic E-state index is 12.5. The standard InChI is InChI=1S/C14H20ClNO2S/c1-10-4-5-14(7-12(10)8-15)19(17,18)16(3)9-13-6-11(13)2/h4-5,7,11,13H,6,8-9H2,1-3H3. The largest absolute Gasteiger partial charge is 0.242 e. The summed E-state index contributed by atoms with van der Waals surface area (Å²) in [4.78, 5) is 0.338. The van der Waals surface area contributed by atoms with Crippen LogP contribution in [0.1, 0.15) is 24.5 Å². The first-order valence-corrected chi connectivity index (χ1v) is 8.45. The van der Waals surface area contributed by atoms with Gasteiger partial charge in [-0.3, -0.25) is 0 Å². The molecule has 0 aromatic heterocycles. The van der Waals surface area contributed by atoms with Gasteiger partial charge in [0.2, 0.25) is 10.0 Å². The summed E-state index contributed by atoms with van der Waals surface area (Å²) in [7, 11) is -1.74. The summed E-state index contributed by atoms with van der Waals surface area (Å²) in [6.45, 7) is 4.69. The van der Waals surface area contributed by atoms with Crippen molar-refractivity contribution in [2.45, 2.75) is 31.0 Å². The summed E-state index contributed by atoms with van der Waals surface area (Å²) in [5.74, 6) is 1.49. The van der Waals surface area contributed by atoms with E-state index in [9.17, 15) is 8.42 Å². The zero-order chi connectivity index (χ0) is 14.2. The van der Waals surface area contributed by atoms with E-state index in [0.717, 1.165) is 17.5 Å². The Morgan fingerprint density at radius 2 is 2.05 bits per heavy atom. The SMILES string of the molecule is Cc1ccc(S(=O)(=O)N(C)CC2CC2C)cc1CCl. The van der Waals surface area contributed by atoms with E-state index in [2.05, 4.69) is 6.92 Å². The van der Waals surface area contributed by atoms with E-state index >= 15 is 0 Å². The van der Waals surface area contributed by atoms with Crippen molar-refractivity contribution < 1.29 is 8.42 Å². The predicted molar refractivity (Wildman–Crippen MR) is 77.8 cm³/mol. The number of halogens is 1. The van der Waals surface area contributed by atoms with Gasteiger partial charge in [-0.15, -0.1) is 11.6 Å². The second-order valence-electron chi connectivity index (χ2n) is 5.48. The number of sulfonamides is 1. The van der Waals surface area contributed by atoms with Crippen LogP contribution in [-0.4, -0.2) is 26.3 Å². The van der Waals surface area contributed by atoms with Gasteiger partial charge in [0.1, 0.15) is 0 Å². The minimum Gasteiger partial charge on any atom is -0.207 e. The molecule has 2 unspecified atom stereocenters. The first-order valence-electron chi connectivity index (χ1n) is 6.48.